The molecule has 0 aliphatic heterocycles. The molecule has 0 saturated carbocycles. The van der Waals surface area contributed by atoms with Crippen molar-refractivity contribution in [1.29, 1.82) is 0 Å². The van der Waals surface area contributed by atoms with Crippen LogP contribution in [0, 0.1) is 0 Å². The minimum absolute atomic E-state index is 0. The van der Waals surface area contributed by atoms with E-state index in [0.29, 0.717) is 0 Å². The van der Waals surface area contributed by atoms with Crippen LogP contribution in [0.15, 0.2) is 0 Å². The largest absolute Gasteiger partial charge is 0.481 e. The smallest absolute Gasteiger partial charge is 0.320 e. The molecule has 0 aromatic heterocycles. The van der Waals surface area contributed by atoms with Crippen molar-refractivity contribution in [3.63, 3.8) is 0 Å². The summed E-state index contributed by atoms with van der Waals surface area (Å²) in [7, 11) is 0. The van der Waals surface area contributed by atoms with Gasteiger partial charge in [-0.15, -0.1) is 0 Å². The molecule has 1 atom stereocenters. The predicted octanol–water partition coefficient (Wildman–Crippen LogP) is -0.739. The predicted molar refractivity (Wildman–Crippen MR) is 32.5 cm³/mol. The molecular formula is C5H9MnNO4. The summed E-state index contributed by atoms with van der Waals surface area (Å²) in [6, 6.07) is -1.06. The zero-order valence-electron chi connectivity index (χ0n) is 5.66. The van der Waals surface area contributed by atoms with Crippen molar-refractivity contribution in [2.45, 2.75) is 18.9 Å². The number of hydrogen-bond acceptors (Lipinski definition) is 3. The van der Waals surface area contributed by atoms with Crippen molar-refractivity contribution in [2.75, 3.05) is 0 Å². The van der Waals surface area contributed by atoms with E-state index in [1.165, 1.54) is 0 Å². The van der Waals surface area contributed by atoms with Crippen molar-refractivity contribution in [3.05, 3.63) is 0 Å². The second kappa shape index (κ2) is 6.15. The summed E-state index contributed by atoms with van der Waals surface area (Å²) in [6.07, 6.45) is -0.224. The molecule has 0 aromatic rings. The maximum atomic E-state index is 9.99. The molecule has 0 amide bonds. The third kappa shape index (κ3) is 7.31. The van der Waals surface area contributed by atoms with E-state index in [-0.39, 0.29) is 29.9 Å². The van der Waals surface area contributed by atoms with E-state index >= 15 is 0 Å². The molecule has 11 heavy (non-hydrogen) atoms. The Hall–Kier alpha value is -0.581. The van der Waals surface area contributed by atoms with Gasteiger partial charge in [0.25, 0.3) is 0 Å². The van der Waals surface area contributed by atoms with Crippen molar-refractivity contribution >= 4 is 11.9 Å². The molecule has 0 fully saturated rings. The molecule has 6 heteroatoms. The van der Waals surface area contributed by atoms with Crippen LogP contribution >= 0.6 is 0 Å². The number of aliphatic carboxylic acids is 2. The standard InChI is InChI=1S/C5H9NO4.Mn/c6-3(5(9)10)1-2-4(7)8;/h3H,1-2,6H2,(H,7,8)(H,9,10);. The molecule has 0 bridgehead atoms. The van der Waals surface area contributed by atoms with Gasteiger partial charge in [-0.2, -0.15) is 0 Å². The molecular weight excluding hydrogens is 193 g/mol. The Labute approximate surface area is 74.0 Å². The van der Waals surface area contributed by atoms with E-state index in [9.17, 15) is 9.59 Å². The van der Waals surface area contributed by atoms with Crippen LogP contribution in [0.4, 0.5) is 0 Å². The normalized spacial score (nSPS) is 11.4. The van der Waals surface area contributed by atoms with E-state index < -0.39 is 18.0 Å². The molecule has 0 aliphatic rings. The van der Waals surface area contributed by atoms with E-state index in [1.54, 1.807) is 0 Å². The number of hydrogen-bond donors (Lipinski definition) is 3. The summed E-state index contributed by atoms with van der Waals surface area (Å²) in [5.74, 6) is -2.20. The maximum Gasteiger partial charge on any atom is 0.320 e. The monoisotopic (exact) mass is 202 g/mol. The van der Waals surface area contributed by atoms with Gasteiger partial charge in [-0.05, 0) is 6.42 Å². The van der Waals surface area contributed by atoms with Gasteiger partial charge in [0.05, 0.1) is 0 Å². The Bertz CT molecular complexity index is 149. The van der Waals surface area contributed by atoms with Gasteiger partial charge in [-0.3, -0.25) is 9.59 Å². The summed E-state index contributed by atoms with van der Waals surface area (Å²) in [5.41, 5.74) is 5.00. The quantitative estimate of drug-likeness (QED) is 0.521. The summed E-state index contributed by atoms with van der Waals surface area (Å²) >= 11 is 0. The van der Waals surface area contributed by atoms with Gasteiger partial charge in [0.1, 0.15) is 6.04 Å². The molecule has 1 unspecified atom stereocenters. The van der Waals surface area contributed by atoms with Crippen LogP contribution in [0.1, 0.15) is 12.8 Å². The number of carbonyl (C=O) groups is 2. The summed E-state index contributed by atoms with van der Waals surface area (Å²) in [4.78, 5) is 19.9. The van der Waals surface area contributed by atoms with Crippen LogP contribution in [0.25, 0.3) is 0 Å². The third-order valence-corrected chi connectivity index (χ3v) is 0.986. The van der Waals surface area contributed by atoms with E-state index in [1.807, 2.05) is 0 Å². The molecule has 65 valence electrons. The van der Waals surface area contributed by atoms with Gasteiger partial charge in [-0.25, -0.2) is 0 Å². The van der Waals surface area contributed by atoms with Gasteiger partial charge in [0.2, 0.25) is 0 Å². The second-order valence-corrected chi connectivity index (χ2v) is 1.88. The third-order valence-electron chi connectivity index (χ3n) is 0.986. The zero-order chi connectivity index (χ0) is 8.15. The number of nitrogens with two attached hydrogens (primary N) is 1. The average Bonchev–Trinajstić information content (AvgIpc) is 1.82. The Kier molecular flexibility index (Phi) is 7.29. The van der Waals surface area contributed by atoms with Gasteiger partial charge in [0, 0.05) is 23.5 Å². The van der Waals surface area contributed by atoms with Crippen molar-refractivity contribution < 1.29 is 36.9 Å². The van der Waals surface area contributed by atoms with Gasteiger partial charge in [0.15, 0.2) is 0 Å². The van der Waals surface area contributed by atoms with Crippen LogP contribution in [-0.2, 0) is 26.7 Å². The number of carboxylic acid groups (broad SMARTS) is 2. The number of carboxylic acids is 2. The van der Waals surface area contributed by atoms with Crippen molar-refractivity contribution in [3.8, 4) is 0 Å². The Balaban J connectivity index is 0. The summed E-state index contributed by atoms with van der Waals surface area (Å²) in [5, 5.41) is 16.3. The molecule has 0 rings (SSSR count). The Morgan fingerprint density at radius 3 is 2.09 bits per heavy atom. The van der Waals surface area contributed by atoms with Crippen LogP contribution in [0.3, 0.4) is 0 Å². The van der Waals surface area contributed by atoms with Crippen molar-refractivity contribution in [2.24, 2.45) is 5.73 Å². The van der Waals surface area contributed by atoms with Gasteiger partial charge < -0.3 is 15.9 Å². The molecule has 1 radical (unpaired) electrons. The summed E-state index contributed by atoms with van der Waals surface area (Å²) in [6.45, 7) is 0. The van der Waals surface area contributed by atoms with E-state index in [2.05, 4.69) is 0 Å². The Morgan fingerprint density at radius 2 is 1.82 bits per heavy atom. The SMILES string of the molecule is NC(CCC(=O)O)C(=O)O.[Mn]. The van der Waals surface area contributed by atoms with Crippen LogP contribution in [0.2, 0.25) is 0 Å². The van der Waals surface area contributed by atoms with Gasteiger partial charge >= 0.3 is 11.9 Å². The first kappa shape index (κ1) is 13.0. The fourth-order valence-corrected chi connectivity index (χ4v) is 0.402. The second-order valence-electron chi connectivity index (χ2n) is 1.88. The minimum Gasteiger partial charge on any atom is -0.481 e. The molecule has 0 aromatic carbocycles. The van der Waals surface area contributed by atoms with E-state index in [4.69, 9.17) is 15.9 Å². The van der Waals surface area contributed by atoms with Crippen molar-refractivity contribution in [1.82, 2.24) is 0 Å². The molecule has 0 saturated heterocycles. The Morgan fingerprint density at radius 1 is 1.36 bits per heavy atom. The first-order chi connectivity index (χ1) is 4.54. The zero-order valence-corrected chi connectivity index (χ0v) is 6.84. The number of rotatable bonds is 4. The first-order valence-corrected chi connectivity index (χ1v) is 2.74. The van der Waals surface area contributed by atoms with Crippen LogP contribution < -0.4 is 5.73 Å². The van der Waals surface area contributed by atoms with Gasteiger partial charge in [-0.1, -0.05) is 0 Å². The molecule has 0 heterocycles. The molecule has 0 spiro atoms. The first-order valence-electron chi connectivity index (χ1n) is 2.74. The van der Waals surface area contributed by atoms with Crippen LogP contribution in [-0.4, -0.2) is 28.2 Å². The molecule has 4 N–H and O–H groups in total. The maximum absolute atomic E-state index is 9.99. The fourth-order valence-electron chi connectivity index (χ4n) is 0.402. The van der Waals surface area contributed by atoms with Crippen LogP contribution in [0.5, 0.6) is 0 Å². The van der Waals surface area contributed by atoms with E-state index in [0.717, 1.165) is 0 Å². The molecule has 0 aliphatic carbocycles. The topological polar surface area (TPSA) is 101 Å². The molecule has 5 nitrogen and oxygen atoms in total. The minimum atomic E-state index is -1.17. The average molecular weight is 202 g/mol. The summed E-state index contributed by atoms with van der Waals surface area (Å²) < 4.78 is 0. The fraction of sp³-hybridized carbons (Fsp3) is 0.600.